The highest BCUT2D eigenvalue weighted by Crippen LogP contribution is 2.35. The Bertz CT molecular complexity index is 1160. The lowest BCUT2D eigenvalue weighted by molar-refractivity contribution is 0.0601. The van der Waals surface area contributed by atoms with Gasteiger partial charge in [0.05, 0.1) is 36.5 Å². The van der Waals surface area contributed by atoms with Crippen molar-refractivity contribution in [3.8, 4) is 17.0 Å². The van der Waals surface area contributed by atoms with Crippen molar-refractivity contribution >= 4 is 28.8 Å². The lowest BCUT2D eigenvalue weighted by Crippen LogP contribution is -2.00. The SMILES string of the molecule is COC(=O)c1ccc2[nH]c(Sc3ccccc3-c3cc(OC)ccn3)nc2c1. The van der Waals surface area contributed by atoms with E-state index in [9.17, 15) is 4.79 Å². The van der Waals surface area contributed by atoms with Crippen LogP contribution < -0.4 is 4.74 Å². The molecule has 0 amide bonds. The van der Waals surface area contributed by atoms with Gasteiger partial charge in [0.2, 0.25) is 0 Å². The third kappa shape index (κ3) is 3.57. The van der Waals surface area contributed by atoms with Crippen molar-refractivity contribution in [2.24, 2.45) is 0 Å². The predicted molar refractivity (Wildman–Crippen MR) is 108 cm³/mol. The first kappa shape index (κ1) is 18.1. The zero-order valence-corrected chi connectivity index (χ0v) is 16.1. The Labute approximate surface area is 165 Å². The maximum atomic E-state index is 11.7. The van der Waals surface area contributed by atoms with E-state index in [2.05, 4.69) is 15.0 Å². The van der Waals surface area contributed by atoms with Crippen LogP contribution in [-0.2, 0) is 4.74 Å². The third-order valence-electron chi connectivity index (χ3n) is 4.22. The first-order valence-corrected chi connectivity index (χ1v) is 9.35. The van der Waals surface area contributed by atoms with Crippen molar-refractivity contribution in [1.82, 2.24) is 15.0 Å². The normalized spacial score (nSPS) is 10.8. The summed E-state index contributed by atoms with van der Waals surface area (Å²) >= 11 is 1.50. The minimum atomic E-state index is -0.381. The molecule has 0 fully saturated rings. The third-order valence-corrected chi connectivity index (χ3v) is 5.18. The largest absolute Gasteiger partial charge is 0.497 e. The average molecular weight is 391 g/mol. The minimum Gasteiger partial charge on any atom is -0.497 e. The van der Waals surface area contributed by atoms with E-state index < -0.39 is 0 Å². The van der Waals surface area contributed by atoms with E-state index in [1.54, 1.807) is 25.4 Å². The van der Waals surface area contributed by atoms with Gasteiger partial charge in [0.15, 0.2) is 5.16 Å². The quantitative estimate of drug-likeness (QED) is 0.502. The number of methoxy groups -OCH3 is 2. The number of benzene rings is 2. The van der Waals surface area contributed by atoms with Gasteiger partial charge in [0, 0.05) is 22.7 Å². The van der Waals surface area contributed by atoms with Crippen molar-refractivity contribution < 1.29 is 14.3 Å². The molecule has 0 saturated carbocycles. The van der Waals surface area contributed by atoms with Gasteiger partial charge >= 0.3 is 5.97 Å². The van der Waals surface area contributed by atoms with Gasteiger partial charge in [0.25, 0.3) is 0 Å². The molecule has 2 heterocycles. The second-order valence-corrected chi connectivity index (χ2v) is 6.98. The number of rotatable bonds is 5. The molecule has 0 atom stereocenters. The van der Waals surface area contributed by atoms with Crippen molar-refractivity contribution in [1.29, 1.82) is 0 Å². The summed E-state index contributed by atoms with van der Waals surface area (Å²) in [5.41, 5.74) is 3.85. The maximum absolute atomic E-state index is 11.7. The molecule has 140 valence electrons. The van der Waals surface area contributed by atoms with Crippen LogP contribution in [0.2, 0.25) is 0 Å². The number of H-pyrrole nitrogens is 1. The van der Waals surface area contributed by atoms with E-state index in [0.717, 1.165) is 32.6 Å². The Hall–Kier alpha value is -3.32. The molecule has 2 aromatic carbocycles. The number of esters is 1. The van der Waals surface area contributed by atoms with Crippen molar-refractivity contribution in [3.63, 3.8) is 0 Å². The molecule has 4 rings (SSSR count). The number of nitrogens with zero attached hydrogens (tertiary/aromatic N) is 2. The van der Waals surface area contributed by atoms with Crippen LogP contribution in [0.4, 0.5) is 0 Å². The van der Waals surface area contributed by atoms with Gasteiger partial charge in [-0.25, -0.2) is 9.78 Å². The number of carbonyl (C=O) groups is 1. The highest BCUT2D eigenvalue weighted by Gasteiger charge is 2.13. The summed E-state index contributed by atoms with van der Waals surface area (Å²) in [5, 5.41) is 0.729. The lowest BCUT2D eigenvalue weighted by atomic mass is 10.1. The van der Waals surface area contributed by atoms with Crippen LogP contribution in [0.1, 0.15) is 10.4 Å². The lowest BCUT2D eigenvalue weighted by Gasteiger charge is -2.08. The molecule has 0 aliphatic rings. The fraction of sp³-hybridized carbons (Fsp3) is 0.0952. The molecule has 0 saturated heterocycles. The van der Waals surface area contributed by atoms with Crippen molar-refractivity contribution in [2.75, 3.05) is 14.2 Å². The molecule has 7 heteroatoms. The summed E-state index contributed by atoms with van der Waals surface area (Å²) in [7, 11) is 3.00. The molecule has 0 bridgehead atoms. The molecular weight excluding hydrogens is 374 g/mol. The molecule has 0 aliphatic carbocycles. The van der Waals surface area contributed by atoms with Gasteiger partial charge in [-0.2, -0.15) is 0 Å². The Balaban J connectivity index is 1.69. The van der Waals surface area contributed by atoms with Crippen LogP contribution in [0.3, 0.4) is 0 Å². The first-order valence-electron chi connectivity index (χ1n) is 8.53. The number of hydrogen-bond acceptors (Lipinski definition) is 6. The zero-order valence-electron chi connectivity index (χ0n) is 15.3. The van der Waals surface area contributed by atoms with E-state index in [0.29, 0.717) is 11.1 Å². The number of pyridine rings is 1. The number of fused-ring (bicyclic) bond motifs is 1. The fourth-order valence-electron chi connectivity index (χ4n) is 2.83. The smallest absolute Gasteiger partial charge is 0.337 e. The van der Waals surface area contributed by atoms with Gasteiger partial charge in [-0.1, -0.05) is 30.0 Å². The summed E-state index contributed by atoms with van der Waals surface area (Å²) < 4.78 is 10.1. The standard InChI is InChI=1S/C21H17N3O3S/c1-26-14-9-10-22-17(12-14)15-5-3-4-6-19(15)28-21-23-16-8-7-13(20(25)27-2)11-18(16)24-21/h3-12H,1-2H3,(H,23,24). The monoisotopic (exact) mass is 391 g/mol. The summed E-state index contributed by atoms with van der Waals surface area (Å²) in [6.45, 7) is 0. The minimum absolute atomic E-state index is 0.381. The van der Waals surface area contributed by atoms with E-state index in [1.165, 1.54) is 18.9 Å². The predicted octanol–water partition coefficient (Wildman–Crippen LogP) is 4.57. The van der Waals surface area contributed by atoms with Crippen LogP contribution in [0.25, 0.3) is 22.3 Å². The molecule has 6 nitrogen and oxygen atoms in total. The summed E-state index contributed by atoms with van der Waals surface area (Å²) in [6, 6.07) is 17.0. The molecule has 28 heavy (non-hydrogen) atoms. The highest BCUT2D eigenvalue weighted by molar-refractivity contribution is 7.99. The second-order valence-electron chi connectivity index (χ2n) is 5.94. The van der Waals surface area contributed by atoms with E-state index in [1.807, 2.05) is 42.5 Å². The number of aromatic nitrogens is 3. The summed E-state index contributed by atoms with van der Waals surface area (Å²) in [6.07, 6.45) is 1.73. The maximum Gasteiger partial charge on any atom is 0.337 e. The second kappa shape index (κ2) is 7.74. The van der Waals surface area contributed by atoms with Gasteiger partial charge in [-0.05, 0) is 30.3 Å². The molecule has 1 N–H and O–H groups in total. The Morgan fingerprint density at radius 1 is 1.07 bits per heavy atom. The number of nitrogens with one attached hydrogen (secondary N) is 1. The Kier molecular flexibility index (Phi) is 4.99. The van der Waals surface area contributed by atoms with Gasteiger partial charge in [0.1, 0.15) is 5.75 Å². The van der Waals surface area contributed by atoms with Crippen LogP contribution in [0, 0.1) is 0 Å². The number of ether oxygens (including phenoxy) is 2. The Morgan fingerprint density at radius 2 is 1.93 bits per heavy atom. The molecule has 0 spiro atoms. The van der Waals surface area contributed by atoms with Gasteiger partial charge in [-0.15, -0.1) is 0 Å². The Morgan fingerprint density at radius 3 is 2.75 bits per heavy atom. The molecule has 2 aromatic heterocycles. The molecule has 0 radical (unpaired) electrons. The van der Waals surface area contributed by atoms with Crippen LogP contribution in [0.5, 0.6) is 5.75 Å². The number of hydrogen-bond donors (Lipinski definition) is 1. The van der Waals surface area contributed by atoms with Crippen LogP contribution in [-0.4, -0.2) is 35.1 Å². The zero-order chi connectivity index (χ0) is 19.5. The van der Waals surface area contributed by atoms with Crippen LogP contribution >= 0.6 is 11.8 Å². The number of imidazole rings is 1. The molecule has 0 unspecified atom stereocenters. The topological polar surface area (TPSA) is 77.1 Å². The van der Waals surface area contributed by atoms with Crippen molar-refractivity contribution in [3.05, 3.63) is 66.4 Å². The van der Waals surface area contributed by atoms with E-state index in [-0.39, 0.29) is 5.97 Å². The summed E-state index contributed by atoms with van der Waals surface area (Å²) in [4.78, 5) is 25.1. The van der Waals surface area contributed by atoms with E-state index in [4.69, 9.17) is 9.47 Å². The highest BCUT2D eigenvalue weighted by atomic mass is 32.2. The molecule has 4 aromatic rings. The summed E-state index contributed by atoms with van der Waals surface area (Å²) in [5.74, 6) is 0.373. The number of aromatic amines is 1. The first-order chi connectivity index (χ1) is 13.7. The van der Waals surface area contributed by atoms with Crippen LogP contribution in [0.15, 0.2) is 70.8 Å². The molecule has 0 aliphatic heterocycles. The van der Waals surface area contributed by atoms with E-state index >= 15 is 0 Å². The van der Waals surface area contributed by atoms with Gasteiger partial charge < -0.3 is 14.5 Å². The van der Waals surface area contributed by atoms with Crippen molar-refractivity contribution in [2.45, 2.75) is 10.1 Å². The fourth-order valence-corrected chi connectivity index (χ4v) is 3.77. The molecular formula is C21H17N3O3S. The van der Waals surface area contributed by atoms with Gasteiger partial charge in [-0.3, -0.25) is 4.98 Å². The average Bonchev–Trinajstić information content (AvgIpc) is 3.15. The number of carbonyl (C=O) groups excluding carboxylic acids is 1.